The Hall–Kier alpha value is -1.17. The second kappa shape index (κ2) is 6.52. The Balaban J connectivity index is 2.71. The molecule has 1 fully saturated rings. The van der Waals surface area contributed by atoms with Crippen molar-refractivity contribution in [2.24, 2.45) is 11.1 Å². The quantitative estimate of drug-likeness (QED) is 0.730. The number of sulfone groups is 1. The summed E-state index contributed by atoms with van der Waals surface area (Å²) in [5.74, 6) is -1.59. The second-order valence-electron chi connectivity index (χ2n) is 4.96. The third-order valence-electron chi connectivity index (χ3n) is 3.50. The molecule has 20 heavy (non-hydrogen) atoms. The average molecular weight is 312 g/mol. The zero-order chi connectivity index (χ0) is 15.4. The Morgan fingerprint density at radius 1 is 1.25 bits per heavy atom. The maximum Gasteiger partial charge on any atom is 0.390 e. The Morgan fingerprint density at radius 3 is 2.20 bits per heavy atom. The van der Waals surface area contributed by atoms with Gasteiger partial charge in [0.05, 0.1) is 24.3 Å². The predicted molar refractivity (Wildman–Crippen MR) is 65.4 cm³/mol. The molecule has 0 aromatic carbocycles. The van der Waals surface area contributed by atoms with Gasteiger partial charge in [-0.1, -0.05) is 5.18 Å². The zero-order valence-electron chi connectivity index (χ0n) is 10.6. The van der Waals surface area contributed by atoms with Gasteiger partial charge in [0.15, 0.2) is 15.1 Å². The van der Waals surface area contributed by atoms with Gasteiger partial charge in [-0.2, -0.15) is 23.3 Å². The van der Waals surface area contributed by atoms with E-state index in [1.54, 1.807) is 6.07 Å². The van der Waals surface area contributed by atoms with Crippen LogP contribution in [0.15, 0.2) is 5.18 Å². The first-order valence-electron chi connectivity index (χ1n) is 6.20. The van der Waals surface area contributed by atoms with E-state index in [4.69, 9.17) is 5.26 Å². The molecule has 0 aromatic heterocycles. The van der Waals surface area contributed by atoms with Crippen molar-refractivity contribution in [3.63, 3.8) is 0 Å². The van der Waals surface area contributed by atoms with E-state index >= 15 is 0 Å². The van der Waals surface area contributed by atoms with Crippen LogP contribution in [0.4, 0.5) is 13.2 Å². The SMILES string of the molecule is N#CC(C1CCC(N=O)CC1)S(=O)(=O)CCC(F)(F)F. The minimum atomic E-state index is -4.56. The lowest BCUT2D eigenvalue weighted by atomic mass is 9.84. The molecule has 0 heterocycles. The molecule has 0 N–H and O–H groups in total. The number of hydrogen-bond acceptors (Lipinski definition) is 5. The minimum Gasteiger partial charge on any atom is -0.227 e. The largest absolute Gasteiger partial charge is 0.390 e. The second-order valence-corrected chi connectivity index (χ2v) is 7.20. The van der Waals surface area contributed by atoms with Crippen LogP contribution in [0.25, 0.3) is 0 Å². The van der Waals surface area contributed by atoms with Crippen LogP contribution in [0.2, 0.25) is 0 Å². The van der Waals surface area contributed by atoms with Crippen LogP contribution in [0.1, 0.15) is 32.1 Å². The first-order chi connectivity index (χ1) is 9.19. The highest BCUT2D eigenvalue weighted by Crippen LogP contribution is 2.32. The summed E-state index contributed by atoms with van der Waals surface area (Å²) in [5, 5.41) is 10.4. The number of nitrogens with zero attached hydrogens (tertiary/aromatic N) is 2. The molecular weight excluding hydrogens is 297 g/mol. The van der Waals surface area contributed by atoms with Crippen LogP contribution in [-0.2, 0) is 9.84 Å². The third-order valence-corrected chi connectivity index (χ3v) is 5.54. The minimum absolute atomic E-state index is 0.319. The van der Waals surface area contributed by atoms with E-state index in [2.05, 4.69) is 5.18 Å². The molecule has 1 unspecified atom stereocenters. The Kier molecular flexibility index (Phi) is 5.50. The molecule has 1 atom stereocenters. The van der Waals surface area contributed by atoms with Crippen LogP contribution in [0.3, 0.4) is 0 Å². The first kappa shape index (κ1) is 16.9. The summed E-state index contributed by atoms with van der Waals surface area (Å²) in [5.41, 5.74) is 0. The van der Waals surface area contributed by atoms with Crippen molar-refractivity contribution in [3.05, 3.63) is 4.91 Å². The highest BCUT2D eigenvalue weighted by Gasteiger charge is 2.39. The fourth-order valence-electron chi connectivity index (χ4n) is 2.37. The third kappa shape index (κ3) is 4.74. The average Bonchev–Trinajstić information content (AvgIpc) is 2.37. The summed E-state index contributed by atoms with van der Waals surface area (Å²) < 4.78 is 60.0. The van der Waals surface area contributed by atoms with Crippen LogP contribution in [0, 0.1) is 22.2 Å². The molecule has 1 aliphatic carbocycles. The van der Waals surface area contributed by atoms with Crippen molar-refractivity contribution in [1.29, 1.82) is 5.26 Å². The summed E-state index contributed by atoms with van der Waals surface area (Å²) >= 11 is 0. The van der Waals surface area contributed by atoms with Gasteiger partial charge in [0.1, 0.15) is 0 Å². The number of rotatable bonds is 5. The van der Waals surface area contributed by atoms with Crippen molar-refractivity contribution < 1.29 is 21.6 Å². The molecule has 0 saturated heterocycles. The molecule has 1 saturated carbocycles. The highest BCUT2D eigenvalue weighted by atomic mass is 32.2. The molecule has 5 nitrogen and oxygen atoms in total. The van der Waals surface area contributed by atoms with Crippen LogP contribution in [-0.4, -0.2) is 31.6 Å². The molecule has 1 rings (SSSR count). The normalized spacial score (nSPS) is 25.7. The Bertz CT molecular complexity index is 476. The van der Waals surface area contributed by atoms with Crippen molar-refractivity contribution >= 4 is 9.84 Å². The topological polar surface area (TPSA) is 87.4 Å². The van der Waals surface area contributed by atoms with Crippen molar-refractivity contribution in [2.45, 2.75) is 49.6 Å². The van der Waals surface area contributed by atoms with Gasteiger partial charge in [0, 0.05) is 0 Å². The summed E-state index contributed by atoms with van der Waals surface area (Å²) in [7, 11) is -4.12. The number of alkyl halides is 3. The van der Waals surface area contributed by atoms with E-state index in [1.807, 2.05) is 0 Å². The number of halogens is 3. The standard InChI is InChI=1S/C11H15F3N2O3S/c12-11(13,14)5-6-20(18,19)10(7-15)8-1-3-9(16-17)4-2-8/h8-10H,1-6H2. The summed E-state index contributed by atoms with van der Waals surface area (Å²) in [6.07, 6.45) is -4.62. The Morgan fingerprint density at radius 2 is 1.80 bits per heavy atom. The molecule has 0 bridgehead atoms. The van der Waals surface area contributed by atoms with E-state index in [1.165, 1.54) is 0 Å². The van der Waals surface area contributed by atoms with Gasteiger partial charge in [-0.25, -0.2) is 8.42 Å². The van der Waals surface area contributed by atoms with Gasteiger partial charge in [-0.15, -0.1) is 0 Å². The van der Waals surface area contributed by atoms with Crippen LogP contribution < -0.4 is 0 Å². The van der Waals surface area contributed by atoms with Gasteiger partial charge < -0.3 is 0 Å². The van der Waals surface area contributed by atoms with Crippen molar-refractivity contribution in [3.8, 4) is 6.07 Å². The maximum absolute atomic E-state index is 12.1. The zero-order valence-corrected chi connectivity index (χ0v) is 11.5. The van der Waals surface area contributed by atoms with Gasteiger partial charge >= 0.3 is 6.18 Å². The smallest absolute Gasteiger partial charge is 0.227 e. The summed E-state index contributed by atoms with van der Waals surface area (Å²) in [6, 6.07) is 1.23. The molecule has 114 valence electrons. The molecule has 9 heteroatoms. The molecule has 0 aliphatic heterocycles. The number of nitriles is 1. The molecule has 0 spiro atoms. The van der Waals surface area contributed by atoms with Gasteiger partial charge in [-0.3, -0.25) is 0 Å². The Labute approximate surface area is 115 Å². The van der Waals surface area contributed by atoms with E-state index in [0.29, 0.717) is 25.7 Å². The number of nitroso groups, excluding NO2 is 1. The molecular formula is C11H15F3N2O3S. The predicted octanol–water partition coefficient (Wildman–Crippen LogP) is 2.57. The fourth-order valence-corrected chi connectivity index (χ4v) is 4.16. The summed E-state index contributed by atoms with van der Waals surface area (Å²) in [4.78, 5) is 10.4. The van der Waals surface area contributed by atoms with E-state index in [-0.39, 0.29) is 6.04 Å². The van der Waals surface area contributed by atoms with E-state index < -0.39 is 39.4 Å². The first-order valence-corrected chi connectivity index (χ1v) is 7.91. The fraction of sp³-hybridized carbons (Fsp3) is 0.909. The van der Waals surface area contributed by atoms with Gasteiger partial charge in [0.25, 0.3) is 0 Å². The van der Waals surface area contributed by atoms with Crippen molar-refractivity contribution in [1.82, 2.24) is 0 Å². The monoisotopic (exact) mass is 312 g/mol. The van der Waals surface area contributed by atoms with Gasteiger partial charge in [0.2, 0.25) is 0 Å². The van der Waals surface area contributed by atoms with Gasteiger partial charge in [-0.05, 0) is 31.6 Å². The molecule has 0 amide bonds. The molecule has 1 aliphatic rings. The van der Waals surface area contributed by atoms with E-state index in [9.17, 15) is 26.5 Å². The lowest BCUT2D eigenvalue weighted by Gasteiger charge is -2.27. The van der Waals surface area contributed by atoms with E-state index in [0.717, 1.165) is 0 Å². The lowest BCUT2D eigenvalue weighted by Crippen LogP contribution is -2.34. The molecule has 0 aromatic rings. The number of hydrogen-bond donors (Lipinski definition) is 0. The van der Waals surface area contributed by atoms with Crippen molar-refractivity contribution in [2.75, 3.05) is 5.75 Å². The maximum atomic E-state index is 12.1. The van der Waals surface area contributed by atoms with Crippen LogP contribution in [0.5, 0.6) is 0 Å². The highest BCUT2D eigenvalue weighted by molar-refractivity contribution is 7.92. The lowest BCUT2D eigenvalue weighted by molar-refractivity contribution is -0.129. The molecule has 0 radical (unpaired) electrons. The summed E-state index contributed by atoms with van der Waals surface area (Å²) in [6.45, 7) is 0. The van der Waals surface area contributed by atoms with Crippen LogP contribution >= 0.6 is 0 Å².